The number of rotatable bonds is 5. The zero-order valence-electron chi connectivity index (χ0n) is 11.0. The van der Waals surface area contributed by atoms with Crippen LogP contribution < -0.4 is 5.32 Å². The molecule has 0 saturated carbocycles. The van der Waals surface area contributed by atoms with Crippen LogP contribution in [-0.2, 0) is 9.53 Å². The Kier molecular flexibility index (Phi) is 4.57. The van der Waals surface area contributed by atoms with E-state index in [0.717, 1.165) is 51.8 Å². The van der Waals surface area contributed by atoms with Crippen molar-refractivity contribution in [1.82, 2.24) is 5.32 Å². The summed E-state index contributed by atoms with van der Waals surface area (Å²) in [4.78, 5) is 12.2. The Morgan fingerprint density at radius 1 is 1.47 bits per heavy atom. The van der Waals surface area contributed by atoms with Gasteiger partial charge < -0.3 is 10.1 Å². The predicted molar refractivity (Wildman–Crippen MR) is 68.0 cm³/mol. The van der Waals surface area contributed by atoms with Gasteiger partial charge in [0.25, 0.3) is 0 Å². The van der Waals surface area contributed by atoms with E-state index in [1.807, 2.05) is 0 Å². The molecule has 0 aromatic carbocycles. The molecule has 2 heterocycles. The minimum atomic E-state index is -0.102. The second-order valence-corrected chi connectivity index (χ2v) is 5.79. The van der Waals surface area contributed by atoms with Gasteiger partial charge in [-0.15, -0.1) is 0 Å². The lowest BCUT2D eigenvalue weighted by Gasteiger charge is -2.32. The van der Waals surface area contributed by atoms with Crippen molar-refractivity contribution < 1.29 is 9.53 Å². The zero-order valence-corrected chi connectivity index (χ0v) is 11.0. The Hall–Kier alpha value is -0.410. The van der Waals surface area contributed by atoms with Crippen molar-refractivity contribution in [3.63, 3.8) is 0 Å². The Balaban J connectivity index is 1.68. The van der Waals surface area contributed by atoms with Crippen molar-refractivity contribution in [3.05, 3.63) is 0 Å². The molecule has 0 spiro atoms. The molecule has 0 amide bonds. The molecule has 0 aliphatic carbocycles. The molecule has 98 valence electrons. The van der Waals surface area contributed by atoms with Gasteiger partial charge in [-0.3, -0.25) is 4.79 Å². The van der Waals surface area contributed by atoms with E-state index in [1.54, 1.807) is 0 Å². The predicted octanol–water partition coefficient (Wildman–Crippen LogP) is 2.29. The van der Waals surface area contributed by atoms with Gasteiger partial charge in [-0.1, -0.05) is 6.92 Å². The Bertz CT molecular complexity index is 253. The third-order valence-corrected chi connectivity index (χ3v) is 4.22. The van der Waals surface area contributed by atoms with Crippen molar-refractivity contribution >= 4 is 5.78 Å². The van der Waals surface area contributed by atoms with Crippen LogP contribution in [0.2, 0.25) is 0 Å². The number of ether oxygens (including phenoxy) is 1. The maximum Gasteiger partial charge on any atom is 0.140 e. The van der Waals surface area contributed by atoms with Crippen LogP contribution in [0.5, 0.6) is 0 Å². The topological polar surface area (TPSA) is 38.3 Å². The Morgan fingerprint density at radius 2 is 2.35 bits per heavy atom. The number of hydrogen-bond donors (Lipinski definition) is 1. The summed E-state index contributed by atoms with van der Waals surface area (Å²) in [6, 6.07) is 0. The van der Waals surface area contributed by atoms with Crippen LogP contribution in [0.4, 0.5) is 0 Å². The number of piperidine rings is 1. The monoisotopic (exact) mass is 239 g/mol. The van der Waals surface area contributed by atoms with Gasteiger partial charge in [-0.25, -0.2) is 0 Å². The first-order chi connectivity index (χ1) is 8.21. The molecule has 3 nitrogen and oxygen atoms in total. The highest BCUT2D eigenvalue weighted by Crippen LogP contribution is 2.29. The third-order valence-electron chi connectivity index (χ3n) is 4.22. The molecule has 2 aliphatic heterocycles. The summed E-state index contributed by atoms with van der Waals surface area (Å²) in [6.07, 6.45) is 7.80. The number of carbonyl (C=O) groups excluding carboxylic acids is 1. The van der Waals surface area contributed by atoms with E-state index in [-0.39, 0.29) is 5.41 Å². The fourth-order valence-corrected chi connectivity index (χ4v) is 2.96. The molecule has 0 aromatic heterocycles. The number of hydrogen-bond acceptors (Lipinski definition) is 3. The fourth-order valence-electron chi connectivity index (χ4n) is 2.96. The van der Waals surface area contributed by atoms with Gasteiger partial charge in [-0.05, 0) is 45.1 Å². The maximum atomic E-state index is 12.2. The van der Waals surface area contributed by atoms with E-state index in [2.05, 4.69) is 12.2 Å². The number of ketones is 1. The second kappa shape index (κ2) is 5.96. The quantitative estimate of drug-likeness (QED) is 0.800. The van der Waals surface area contributed by atoms with Crippen LogP contribution >= 0.6 is 0 Å². The molecule has 2 rings (SSSR count). The van der Waals surface area contributed by atoms with Crippen LogP contribution in [0.25, 0.3) is 0 Å². The third kappa shape index (κ3) is 3.52. The van der Waals surface area contributed by atoms with Gasteiger partial charge in [0.15, 0.2) is 0 Å². The van der Waals surface area contributed by atoms with Gasteiger partial charge >= 0.3 is 0 Å². The summed E-state index contributed by atoms with van der Waals surface area (Å²) in [5.41, 5.74) is -0.102. The highest BCUT2D eigenvalue weighted by molar-refractivity contribution is 5.84. The summed E-state index contributed by atoms with van der Waals surface area (Å²) >= 11 is 0. The van der Waals surface area contributed by atoms with Crippen LogP contribution in [0, 0.1) is 5.41 Å². The van der Waals surface area contributed by atoms with Crippen molar-refractivity contribution in [2.45, 2.75) is 58.0 Å². The maximum absolute atomic E-state index is 12.2. The highest BCUT2D eigenvalue weighted by Gasteiger charge is 2.33. The minimum absolute atomic E-state index is 0.102. The van der Waals surface area contributed by atoms with E-state index in [1.165, 1.54) is 12.8 Å². The van der Waals surface area contributed by atoms with E-state index < -0.39 is 0 Å². The van der Waals surface area contributed by atoms with E-state index in [9.17, 15) is 4.79 Å². The summed E-state index contributed by atoms with van der Waals surface area (Å²) in [7, 11) is 0. The highest BCUT2D eigenvalue weighted by atomic mass is 16.5. The lowest BCUT2D eigenvalue weighted by Crippen LogP contribution is -2.43. The van der Waals surface area contributed by atoms with Crippen LogP contribution in [0.1, 0.15) is 51.9 Å². The fraction of sp³-hybridized carbons (Fsp3) is 0.929. The number of nitrogens with one attached hydrogen (secondary N) is 1. The van der Waals surface area contributed by atoms with E-state index >= 15 is 0 Å². The standard InChI is InChI=1S/C14H25NO2/c1-14(8-4-9-15-11-14)13(16)7-2-5-12-6-3-10-17-12/h12,15H,2-11H2,1H3. The first-order valence-corrected chi connectivity index (χ1v) is 7.06. The molecular weight excluding hydrogens is 214 g/mol. The minimum Gasteiger partial charge on any atom is -0.378 e. The number of Topliss-reactive ketones (excluding diaryl/α,β-unsaturated/α-hetero) is 1. The molecule has 2 fully saturated rings. The first-order valence-electron chi connectivity index (χ1n) is 7.06. The largest absolute Gasteiger partial charge is 0.378 e. The molecule has 1 N–H and O–H groups in total. The molecule has 0 bridgehead atoms. The van der Waals surface area contributed by atoms with Crippen LogP contribution in [0.15, 0.2) is 0 Å². The second-order valence-electron chi connectivity index (χ2n) is 5.79. The van der Waals surface area contributed by atoms with E-state index in [4.69, 9.17) is 4.74 Å². The summed E-state index contributed by atoms with van der Waals surface area (Å²) in [6.45, 7) is 4.97. The lowest BCUT2D eigenvalue weighted by atomic mass is 9.77. The van der Waals surface area contributed by atoms with Crippen molar-refractivity contribution in [1.29, 1.82) is 0 Å². The van der Waals surface area contributed by atoms with Gasteiger partial charge in [0.05, 0.1) is 6.10 Å². The normalized spacial score (nSPS) is 33.8. The van der Waals surface area contributed by atoms with Crippen LogP contribution in [-0.4, -0.2) is 31.6 Å². The van der Waals surface area contributed by atoms with Crippen molar-refractivity contribution in [2.24, 2.45) is 5.41 Å². The van der Waals surface area contributed by atoms with Gasteiger partial charge in [0.2, 0.25) is 0 Å². The molecule has 2 atom stereocenters. The smallest absolute Gasteiger partial charge is 0.140 e. The van der Waals surface area contributed by atoms with Crippen molar-refractivity contribution in [2.75, 3.05) is 19.7 Å². The SMILES string of the molecule is CC1(C(=O)CCCC2CCCO2)CCCNC1. The van der Waals surface area contributed by atoms with Crippen LogP contribution in [0.3, 0.4) is 0 Å². The van der Waals surface area contributed by atoms with Gasteiger partial charge in [-0.2, -0.15) is 0 Å². The molecule has 0 aromatic rings. The molecule has 0 radical (unpaired) electrons. The summed E-state index contributed by atoms with van der Waals surface area (Å²) in [5.74, 6) is 0.447. The zero-order chi connectivity index (χ0) is 12.1. The van der Waals surface area contributed by atoms with Crippen molar-refractivity contribution in [3.8, 4) is 0 Å². The summed E-state index contributed by atoms with van der Waals surface area (Å²) < 4.78 is 5.58. The van der Waals surface area contributed by atoms with E-state index in [0.29, 0.717) is 11.9 Å². The molecule has 2 saturated heterocycles. The molecule has 3 heteroatoms. The molecular formula is C14H25NO2. The van der Waals surface area contributed by atoms with Gasteiger partial charge in [0, 0.05) is 25.0 Å². The molecule has 2 aliphatic rings. The average molecular weight is 239 g/mol. The first kappa shape index (κ1) is 13.0. The van der Waals surface area contributed by atoms with Gasteiger partial charge in [0.1, 0.15) is 5.78 Å². The Labute approximate surface area is 104 Å². The molecule has 17 heavy (non-hydrogen) atoms. The summed E-state index contributed by atoms with van der Waals surface area (Å²) in [5, 5.41) is 3.34. The Morgan fingerprint density at radius 3 is 3.00 bits per heavy atom. The molecule has 2 unspecified atom stereocenters. The average Bonchev–Trinajstić information content (AvgIpc) is 2.83. The number of carbonyl (C=O) groups is 1. The lowest BCUT2D eigenvalue weighted by molar-refractivity contribution is -0.129.